The Kier molecular flexibility index (Phi) is 7.15. The van der Waals surface area contributed by atoms with Gasteiger partial charge in [-0.2, -0.15) is 0 Å². The number of rotatable bonds is 7. The van der Waals surface area contributed by atoms with Gasteiger partial charge in [-0.25, -0.2) is 0 Å². The van der Waals surface area contributed by atoms with E-state index < -0.39 is 6.10 Å². The van der Waals surface area contributed by atoms with Crippen LogP contribution in [0.5, 0.6) is 0 Å². The Morgan fingerprint density at radius 3 is 2.36 bits per heavy atom. The molecule has 0 rings (SSSR count). The van der Waals surface area contributed by atoms with Crippen LogP contribution >= 0.6 is 0 Å². The standard InChI is InChI=1S/C11H24O3/c1-5-6-7-13-8-10(12)9-14-11(2,3)4/h10,12H,5-9H2,1-4H3/t10-/m0/s1. The molecule has 0 heterocycles. The fourth-order valence-corrected chi connectivity index (χ4v) is 0.860. The predicted octanol–water partition coefficient (Wildman–Crippen LogP) is 1.98. The smallest absolute Gasteiger partial charge is 0.101 e. The Hall–Kier alpha value is -0.120. The van der Waals surface area contributed by atoms with E-state index in [4.69, 9.17) is 9.47 Å². The van der Waals surface area contributed by atoms with Crippen molar-refractivity contribution < 1.29 is 14.6 Å². The lowest BCUT2D eigenvalue weighted by atomic mass is 10.2. The molecule has 0 unspecified atom stereocenters. The van der Waals surface area contributed by atoms with Crippen LogP contribution in [0.25, 0.3) is 0 Å². The normalized spacial score (nSPS) is 14.4. The Balaban J connectivity index is 3.32. The Morgan fingerprint density at radius 2 is 1.86 bits per heavy atom. The molecular weight excluding hydrogens is 180 g/mol. The molecule has 3 nitrogen and oxygen atoms in total. The summed E-state index contributed by atoms with van der Waals surface area (Å²) >= 11 is 0. The van der Waals surface area contributed by atoms with Crippen molar-refractivity contribution >= 4 is 0 Å². The lowest BCUT2D eigenvalue weighted by Gasteiger charge is -2.21. The summed E-state index contributed by atoms with van der Waals surface area (Å²) in [5.41, 5.74) is -0.190. The third-order valence-electron chi connectivity index (χ3n) is 1.66. The molecule has 0 saturated heterocycles. The van der Waals surface area contributed by atoms with E-state index >= 15 is 0 Å². The molecule has 0 fully saturated rings. The molecule has 0 aromatic heterocycles. The van der Waals surface area contributed by atoms with Crippen LogP contribution in [-0.4, -0.2) is 36.6 Å². The van der Waals surface area contributed by atoms with E-state index in [9.17, 15) is 5.11 Å². The van der Waals surface area contributed by atoms with Gasteiger partial charge in [0.25, 0.3) is 0 Å². The van der Waals surface area contributed by atoms with Crippen LogP contribution < -0.4 is 0 Å². The third kappa shape index (κ3) is 9.96. The van der Waals surface area contributed by atoms with Crippen molar-refractivity contribution in [3.8, 4) is 0 Å². The summed E-state index contributed by atoms with van der Waals surface area (Å²) in [4.78, 5) is 0. The molecule has 0 aliphatic carbocycles. The van der Waals surface area contributed by atoms with Gasteiger partial charge in [-0.1, -0.05) is 13.3 Å². The molecule has 86 valence electrons. The predicted molar refractivity (Wildman–Crippen MR) is 57.4 cm³/mol. The first-order valence-corrected chi connectivity index (χ1v) is 5.35. The van der Waals surface area contributed by atoms with Gasteiger partial charge in [0, 0.05) is 6.61 Å². The number of hydrogen-bond acceptors (Lipinski definition) is 3. The molecule has 3 heteroatoms. The second-order valence-corrected chi connectivity index (χ2v) is 4.51. The molecule has 0 bridgehead atoms. The summed E-state index contributed by atoms with van der Waals surface area (Å²) < 4.78 is 10.7. The van der Waals surface area contributed by atoms with Gasteiger partial charge < -0.3 is 14.6 Å². The zero-order valence-electron chi connectivity index (χ0n) is 9.88. The number of unbranched alkanes of at least 4 members (excludes halogenated alkanes) is 1. The van der Waals surface area contributed by atoms with Crippen molar-refractivity contribution in [3.05, 3.63) is 0 Å². The highest BCUT2D eigenvalue weighted by molar-refractivity contribution is 4.61. The first-order valence-electron chi connectivity index (χ1n) is 5.35. The largest absolute Gasteiger partial charge is 0.388 e. The fraction of sp³-hybridized carbons (Fsp3) is 1.00. The molecular formula is C11H24O3. The van der Waals surface area contributed by atoms with Crippen LogP contribution in [0.2, 0.25) is 0 Å². The number of ether oxygens (including phenoxy) is 2. The summed E-state index contributed by atoms with van der Waals surface area (Å²) in [5, 5.41) is 9.46. The highest BCUT2D eigenvalue weighted by Crippen LogP contribution is 2.07. The molecule has 0 aromatic rings. The van der Waals surface area contributed by atoms with Gasteiger partial charge in [0.2, 0.25) is 0 Å². The SMILES string of the molecule is CCCCOC[C@H](O)COC(C)(C)C. The Morgan fingerprint density at radius 1 is 1.21 bits per heavy atom. The van der Waals surface area contributed by atoms with Crippen LogP contribution in [-0.2, 0) is 9.47 Å². The lowest BCUT2D eigenvalue weighted by molar-refractivity contribution is -0.0714. The first kappa shape index (κ1) is 13.9. The number of aliphatic hydroxyl groups is 1. The zero-order chi connectivity index (χ0) is 11.0. The van der Waals surface area contributed by atoms with Crippen LogP contribution in [0.3, 0.4) is 0 Å². The lowest BCUT2D eigenvalue weighted by Crippen LogP contribution is -2.29. The Labute approximate surface area is 87.4 Å². The highest BCUT2D eigenvalue weighted by Gasteiger charge is 2.13. The van der Waals surface area contributed by atoms with E-state index in [1.807, 2.05) is 20.8 Å². The fourth-order valence-electron chi connectivity index (χ4n) is 0.860. The second kappa shape index (κ2) is 7.21. The van der Waals surface area contributed by atoms with Gasteiger partial charge >= 0.3 is 0 Å². The topological polar surface area (TPSA) is 38.7 Å². The second-order valence-electron chi connectivity index (χ2n) is 4.51. The number of hydrogen-bond donors (Lipinski definition) is 1. The van der Waals surface area contributed by atoms with E-state index in [2.05, 4.69) is 6.92 Å². The molecule has 0 aromatic carbocycles. The van der Waals surface area contributed by atoms with E-state index in [-0.39, 0.29) is 5.60 Å². The summed E-state index contributed by atoms with van der Waals surface area (Å²) in [5.74, 6) is 0. The highest BCUT2D eigenvalue weighted by atomic mass is 16.5. The Bertz CT molecular complexity index is 129. The van der Waals surface area contributed by atoms with Gasteiger partial charge in [0.1, 0.15) is 6.10 Å². The molecule has 14 heavy (non-hydrogen) atoms. The first-order chi connectivity index (χ1) is 6.45. The third-order valence-corrected chi connectivity index (χ3v) is 1.66. The molecule has 0 spiro atoms. The molecule has 0 aliphatic rings. The number of aliphatic hydroxyl groups excluding tert-OH is 1. The summed E-state index contributed by atoms with van der Waals surface area (Å²) in [6.07, 6.45) is 1.66. The minimum absolute atomic E-state index is 0.190. The summed E-state index contributed by atoms with van der Waals surface area (Å²) in [6.45, 7) is 9.46. The maximum atomic E-state index is 9.46. The summed E-state index contributed by atoms with van der Waals surface area (Å²) in [7, 11) is 0. The van der Waals surface area contributed by atoms with E-state index in [0.29, 0.717) is 13.2 Å². The van der Waals surface area contributed by atoms with Crippen LogP contribution in [0.1, 0.15) is 40.5 Å². The minimum Gasteiger partial charge on any atom is -0.388 e. The monoisotopic (exact) mass is 204 g/mol. The molecule has 0 radical (unpaired) electrons. The minimum atomic E-state index is -0.508. The van der Waals surface area contributed by atoms with E-state index in [1.54, 1.807) is 0 Å². The average Bonchev–Trinajstić information content (AvgIpc) is 2.08. The van der Waals surface area contributed by atoms with Gasteiger partial charge in [-0.05, 0) is 27.2 Å². The van der Waals surface area contributed by atoms with E-state index in [1.165, 1.54) is 0 Å². The molecule has 0 aliphatic heterocycles. The maximum Gasteiger partial charge on any atom is 0.101 e. The van der Waals surface area contributed by atoms with Crippen molar-refractivity contribution in [2.75, 3.05) is 19.8 Å². The van der Waals surface area contributed by atoms with Crippen molar-refractivity contribution in [3.63, 3.8) is 0 Å². The maximum absolute atomic E-state index is 9.46. The van der Waals surface area contributed by atoms with Gasteiger partial charge in [0.05, 0.1) is 18.8 Å². The van der Waals surface area contributed by atoms with Crippen molar-refractivity contribution in [2.45, 2.75) is 52.2 Å². The quantitative estimate of drug-likeness (QED) is 0.644. The van der Waals surface area contributed by atoms with Gasteiger partial charge in [-0.15, -0.1) is 0 Å². The van der Waals surface area contributed by atoms with Gasteiger partial charge in [0.15, 0.2) is 0 Å². The van der Waals surface area contributed by atoms with E-state index in [0.717, 1.165) is 19.4 Å². The molecule has 1 N–H and O–H groups in total. The van der Waals surface area contributed by atoms with Crippen LogP contribution in [0.15, 0.2) is 0 Å². The van der Waals surface area contributed by atoms with Crippen LogP contribution in [0, 0.1) is 0 Å². The molecule has 1 atom stereocenters. The van der Waals surface area contributed by atoms with Crippen molar-refractivity contribution in [1.29, 1.82) is 0 Å². The average molecular weight is 204 g/mol. The van der Waals surface area contributed by atoms with Crippen LogP contribution in [0.4, 0.5) is 0 Å². The van der Waals surface area contributed by atoms with Crippen molar-refractivity contribution in [2.24, 2.45) is 0 Å². The molecule has 0 amide bonds. The zero-order valence-corrected chi connectivity index (χ0v) is 9.88. The van der Waals surface area contributed by atoms with Crippen molar-refractivity contribution in [1.82, 2.24) is 0 Å². The molecule has 0 saturated carbocycles. The summed E-state index contributed by atoms with van der Waals surface area (Å²) in [6, 6.07) is 0. The van der Waals surface area contributed by atoms with Gasteiger partial charge in [-0.3, -0.25) is 0 Å².